The summed E-state index contributed by atoms with van der Waals surface area (Å²) < 4.78 is 5.94. The maximum absolute atomic E-state index is 12.4. The van der Waals surface area contributed by atoms with Crippen molar-refractivity contribution in [3.8, 4) is 11.5 Å². The lowest BCUT2D eigenvalue weighted by Crippen LogP contribution is -2.41. The zero-order valence-corrected chi connectivity index (χ0v) is 13.1. The van der Waals surface area contributed by atoms with E-state index < -0.39 is 0 Å². The van der Waals surface area contributed by atoms with E-state index in [0.29, 0.717) is 5.75 Å². The number of carbonyl (C=O) groups excluding carboxylic acids is 1. The van der Waals surface area contributed by atoms with Crippen molar-refractivity contribution in [2.24, 2.45) is 0 Å². The number of para-hydroxylation sites is 3. The second-order valence-corrected chi connectivity index (χ2v) is 6.09. The van der Waals surface area contributed by atoms with Gasteiger partial charge >= 0.3 is 0 Å². The van der Waals surface area contributed by atoms with Crippen LogP contribution in [0, 0.1) is 0 Å². The summed E-state index contributed by atoms with van der Waals surface area (Å²) in [6.07, 6.45) is 1.87. The number of carbonyl (C=O) groups is 1. The number of rotatable bonds is 3. The van der Waals surface area contributed by atoms with Crippen LogP contribution in [0.4, 0.5) is 5.69 Å². The zero-order chi connectivity index (χ0) is 14.7. The Kier molecular flexibility index (Phi) is 4.25. The minimum atomic E-state index is -0.101. The van der Waals surface area contributed by atoms with Crippen molar-refractivity contribution in [1.82, 2.24) is 0 Å². The normalized spacial score (nSPS) is 18.6. The molecule has 1 unspecified atom stereocenters. The van der Waals surface area contributed by atoms with E-state index in [1.54, 1.807) is 4.90 Å². The van der Waals surface area contributed by atoms with Gasteiger partial charge in [0, 0.05) is 6.54 Å². The number of alkyl halides is 1. The van der Waals surface area contributed by atoms with Gasteiger partial charge in [-0.1, -0.05) is 46.3 Å². The van der Waals surface area contributed by atoms with Crippen molar-refractivity contribution in [2.45, 2.75) is 17.7 Å². The molecule has 1 amide bonds. The standard InChI is InChI=1S/C17H16BrNO2/c18-14-9-6-12-19(17(14)20)15-10-4-5-11-16(15)21-13-7-2-1-3-8-13/h1-5,7-8,10-11,14H,6,9,12H2. The minimum Gasteiger partial charge on any atom is -0.455 e. The Morgan fingerprint density at radius 2 is 1.76 bits per heavy atom. The van der Waals surface area contributed by atoms with Gasteiger partial charge in [-0.25, -0.2) is 0 Å². The van der Waals surface area contributed by atoms with Crippen LogP contribution < -0.4 is 9.64 Å². The highest BCUT2D eigenvalue weighted by molar-refractivity contribution is 9.10. The summed E-state index contributed by atoms with van der Waals surface area (Å²) in [5.74, 6) is 1.58. The molecule has 21 heavy (non-hydrogen) atoms. The van der Waals surface area contributed by atoms with E-state index >= 15 is 0 Å². The van der Waals surface area contributed by atoms with Gasteiger partial charge in [0.05, 0.1) is 10.5 Å². The van der Waals surface area contributed by atoms with Crippen LogP contribution in [0.1, 0.15) is 12.8 Å². The summed E-state index contributed by atoms with van der Waals surface area (Å²) in [5.41, 5.74) is 0.829. The van der Waals surface area contributed by atoms with Crippen molar-refractivity contribution in [2.75, 3.05) is 11.4 Å². The Morgan fingerprint density at radius 3 is 2.57 bits per heavy atom. The van der Waals surface area contributed by atoms with Gasteiger partial charge in [0.25, 0.3) is 0 Å². The van der Waals surface area contributed by atoms with Gasteiger partial charge in [0.15, 0.2) is 5.75 Å². The average molecular weight is 346 g/mol. The lowest BCUT2D eigenvalue weighted by molar-refractivity contribution is -0.118. The number of piperidine rings is 1. The fourth-order valence-electron chi connectivity index (χ4n) is 2.45. The largest absolute Gasteiger partial charge is 0.455 e. The van der Waals surface area contributed by atoms with Gasteiger partial charge in [0.2, 0.25) is 5.91 Å². The topological polar surface area (TPSA) is 29.5 Å². The van der Waals surface area contributed by atoms with Gasteiger partial charge < -0.3 is 9.64 Å². The van der Waals surface area contributed by atoms with Gasteiger partial charge in [-0.05, 0) is 37.1 Å². The Balaban J connectivity index is 1.91. The lowest BCUT2D eigenvalue weighted by Gasteiger charge is -2.30. The van der Waals surface area contributed by atoms with Crippen LogP contribution in [0.25, 0.3) is 0 Å². The SMILES string of the molecule is O=C1C(Br)CCCN1c1ccccc1Oc1ccccc1. The van der Waals surface area contributed by atoms with Crippen molar-refractivity contribution >= 4 is 27.5 Å². The smallest absolute Gasteiger partial charge is 0.240 e. The van der Waals surface area contributed by atoms with E-state index in [0.717, 1.165) is 30.8 Å². The van der Waals surface area contributed by atoms with E-state index in [1.165, 1.54) is 0 Å². The van der Waals surface area contributed by atoms with Crippen molar-refractivity contribution < 1.29 is 9.53 Å². The van der Waals surface area contributed by atoms with E-state index in [2.05, 4.69) is 15.9 Å². The molecule has 2 aromatic rings. The number of ether oxygens (including phenoxy) is 1. The second kappa shape index (κ2) is 6.31. The zero-order valence-electron chi connectivity index (χ0n) is 11.5. The molecule has 1 fully saturated rings. The summed E-state index contributed by atoms with van der Waals surface area (Å²) in [7, 11) is 0. The molecule has 1 aliphatic heterocycles. The fraction of sp³-hybridized carbons (Fsp3) is 0.235. The molecule has 1 heterocycles. The van der Waals surface area contributed by atoms with E-state index in [-0.39, 0.29) is 10.7 Å². The molecular weight excluding hydrogens is 330 g/mol. The first-order valence-electron chi connectivity index (χ1n) is 7.03. The third-order valence-electron chi connectivity index (χ3n) is 3.50. The third-order valence-corrected chi connectivity index (χ3v) is 4.35. The van der Waals surface area contributed by atoms with Crippen molar-refractivity contribution in [3.63, 3.8) is 0 Å². The lowest BCUT2D eigenvalue weighted by atomic mass is 10.1. The molecule has 0 aromatic heterocycles. The molecule has 108 valence electrons. The van der Waals surface area contributed by atoms with Crippen LogP contribution in [-0.4, -0.2) is 17.3 Å². The number of anilines is 1. The summed E-state index contributed by atoms with van der Waals surface area (Å²) in [5, 5.41) is 0. The molecule has 0 radical (unpaired) electrons. The molecule has 4 heteroatoms. The molecule has 0 saturated carbocycles. The molecule has 1 atom stereocenters. The van der Waals surface area contributed by atoms with Crippen molar-refractivity contribution in [3.05, 3.63) is 54.6 Å². The Labute approximate surface area is 132 Å². The van der Waals surface area contributed by atoms with E-state index in [1.807, 2.05) is 54.6 Å². The summed E-state index contributed by atoms with van der Waals surface area (Å²) in [4.78, 5) is 14.1. The maximum atomic E-state index is 12.4. The number of hydrogen-bond donors (Lipinski definition) is 0. The fourth-order valence-corrected chi connectivity index (χ4v) is 3.02. The number of nitrogens with zero attached hydrogens (tertiary/aromatic N) is 1. The number of hydrogen-bond acceptors (Lipinski definition) is 2. The molecule has 1 saturated heterocycles. The van der Waals surface area contributed by atoms with Crippen LogP contribution >= 0.6 is 15.9 Å². The molecule has 0 aliphatic carbocycles. The van der Waals surface area contributed by atoms with Gasteiger partial charge in [-0.2, -0.15) is 0 Å². The molecule has 2 aromatic carbocycles. The highest BCUT2D eigenvalue weighted by atomic mass is 79.9. The van der Waals surface area contributed by atoms with Crippen LogP contribution in [0.5, 0.6) is 11.5 Å². The predicted molar refractivity (Wildman–Crippen MR) is 87.3 cm³/mol. The molecule has 0 N–H and O–H groups in total. The highest BCUT2D eigenvalue weighted by Gasteiger charge is 2.29. The van der Waals surface area contributed by atoms with Gasteiger partial charge in [0.1, 0.15) is 5.75 Å². The molecule has 0 bridgehead atoms. The molecular formula is C17H16BrNO2. The first-order chi connectivity index (χ1) is 10.3. The quantitative estimate of drug-likeness (QED) is 0.773. The second-order valence-electron chi connectivity index (χ2n) is 4.98. The minimum absolute atomic E-state index is 0.101. The van der Waals surface area contributed by atoms with E-state index in [4.69, 9.17) is 4.74 Å². The summed E-state index contributed by atoms with van der Waals surface area (Å²) in [6, 6.07) is 17.3. The Bertz CT molecular complexity index is 630. The molecule has 1 aliphatic rings. The highest BCUT2D eigenvalue weighted by Crippen LogP contribution is 2.34. The third kappa shape index (κ3) is 3.10. The van der Waals surface area contributed by atoms with Crippen LogP contribution in [-0.2, 0) is 4.79 Å². The monoisotopic (exact) mass is 345 g/mol. The summed E-state index contributed by atoms with van der Waals surface area (Å²) in [6.45, 7) is 0.732. The van der Waals surface area contributed by atoms with Crippen molar-refractivity contribution in [1.29, 1.82) is 0 Å². The molecule has 3 rings (SSSR count). The number of halogens is 1. The Morgan fingerprint density at radius 1 is 1.05 bits per heavy atom. The number of benzene rings is 2. The van der Waals surface area contributed by atoms with Crippen LogP contribution in [0.15, 0.2) is 54.6 Å². The first kappa shape index (κ1) is 14.1. The van der Waals surface area contributed by atoms with Gasteiger partial charge in [-0.3, -0.25) is 4.79 Å². The Hall–Kier alpha value is -1.81. The maximum Gasteiger partial charge on any atom is 0.240 e. The van der Waals surface area contributed by atoms with Gasteiger partial charge in [-0.15, -0.1) is 0 Å². The first-order valence-corrected chi connectivity index (χ1v) is 7.94. The predicted octanol–water partition coefficient (Wildman–Crippen LogP) is 4.37. The van der Waals surface area contributed by atoms with E-state index in [9.17, 15) is 4.79 Å². The van der Waals surface area contributed by atoms with Crippen LogP contribution in [0.2, 0.25) is 0 Å². The number of amides is 1. The summed E-state index contributed by atoms with van der Waals surface area (Å²) >= 11 is 3.45. The van der Waals surface area contributed by atoms with Crippen LogP contribution in [0.3, 0.4) is 0 Å². The average Bonchev–Trinajstić information content (AvgIpc) is 2.52. The molecule has 0 spiro atoms. The molecule has 3 nitrogen and oxygen atoms in total.